The lowest BCUT2D eigenvalue weighted by molar-refractivity contribution is -0.124. The molecule has 0 aromatic rings. The Labute approximate surface area is 105 Å². The molecular weight excluding hydrogens is 236 g/mol. The summed E-state index contributed by atoms with van der Waals surface area (Å²) in [5.41, 5.74) is 0. The summed E-state index contributed by atoms with van der Waals surface area (Å²) < 4.78 is 22.0. The summed E-state index contributed by atoms with van der Waals surface area (Å²) in [7, 11) is -2.92. The van der Waals surface area contributed by atoms with Crippen LogP contribution in [-0.2, 0) is 14.6 Å². The number of hydrogen-bond donors (Lipinski definition) is 0. The van der Waals surface area contributed by atoms with Crippen LogP contribution in [-0.4, -0.2) is 26.2 Å². The number of sulfone groups is 1. The lowest BCUT2D eigenvalue weighted by Crippen LogP contribution is -2.23. The van der Waals surface area contributed by atoms with Crippen molar-refractivity contribution in [1.82, 2.24) is 0 Å². The number of hydrogen-bond acceptors (Lipinski definition) is 3. The fourth-order valence-electron chi connectivity index (χ4n) is 2.67. The predicted octanol–water partition coefficient (Wildman–Crippen LogP) is 2.60. The van der Waals surface area contributed by atoms with Crippen molar-refractivity contribution in [2.75, 3.05) is 12.0 Å². The highest BCUT2D eigenvalue weighted by Crippen LogP contribution is 2.32. The van der Waals surface area contributed by atoms with Crippen molar-refractivity contribution in [3.63, 3.8) is 0 Å². The van der Waals surface area contributed by atoms with E-state index in [0.717, 1.165) is 25.7 Å². The van der Waals surface area contributed by atoms with Gasteiger partial charge in [-0.15, -0.1) is 0 Å². The summed E-state index contributed by atoms with van der Waals surface area (Å²) >= 11 is 0. The van der Waals surface area contributed by atoms with Gasteiger partial charge in [-0.1, -0.05) is 26.2 Å². The van der Waals surface area contributed by atoms with Gasteiger partial charge in [0.05, 0.1) is 5.75 Å². The van der Waals surface area contributed by atoms with E-state index in [1.54, 1.807) is 0 Å². The average Bonchev–Trinajstić information content (AvgIpc) is 2.27. The third-order valence-electron chi connectivity index (χ3n) is 3.75. The second kappa shape index (κ2) is 6.53. The van der Waals surface area contributed by atoms with Gasteiger partial charge in [0.1, 0.15) is 15.6 Å². The van der Waals surface area contributed by atoms with Gasteiger partial charge < -0.3 is 0 Å². The highest BCUT2D eigenvalue weighted by molar-refractivity contribution is 7.90. The van der Waals surface area contributed by atoms with E-state index < -0.39 is 9.84 Å². The zero-order valence-electron chi connectivity index (χ0n) is 10.9. The topological polar surface area (TPSA) is 51.2 Å². The molecule has 100 valence electrons. The van der Waals surface area contributed by atoms with Crippen molar-refractivity contribution in [3.8, 4) is 0 Å². The molecule has 17 heavy (non-hydrogen) atoms. The van der Waals surface area contributed by atoms with Crippen molar-refractivity contribution in [1.29, 1.82) is 0 Å². The molecule has 1 fully saturated rings. The highest BCUT2D eigenvalue weighted by atomic mass is 32.2. The molecule has 2 atom stereocenters. The second-order valence-electron chi connectivity index (χ2n) is 5.34. The monoisotopic (exact) mass is 260 g/mol. The van der Waals surface area contributed by atoms with E-state index in [1.807, 2.05) is 0 Å². The first-order valence-electron chi connectivity index (χ1n) is 6.62. The predicted molar refractivity (Wildman–Crippen MR) is 69.7 cm³/mol. The summed E-state index contributed by atoms with van der Waals surface area (Å²) in [4.78, 5) is 12.0. The molecule has 0 N–H and O–H groups in total. The molecule has 4 heteroatoms. The zero-order chi connectivity index (χ0) is 12.9. The van der Waals surface area contributed by atoms with E-state index in [9.17, 15) is 13.2 Å². The molecule has 1 aliphatic carbocycles. The Hall–Kier alpha value is -0.380. The number of carbonyl (C=O) groups excluding carboxylic acids is 1. The highest BCUT2D eigenvalue weighted by Gasteiger charge is 2.25. The van der Waals surface area contributed by atoms with Gasteiger partial charge in [-0.25, -0.2) is 8.42 Å². The molecule has 0 aliphatic heterocycles. The zero-order valence-corrected chi connectivity index (χ0v) is 11.8. The quantitative estimate of drug-likeness (QED) is 0.737. The second-order valence-corrected chi connectivity index (χ2v) is 7.60. The molecule has 3 nitrogen and oxygen atoms in total. The molecule has 0 aromatic carbocycles. The van der Waals surface area contributed by atoms with Crippen LogP contribution < -0.4 is 0 Å². The molecule has 0 spiro atoms. The summed E-state index contributed by atoms with van der Waals surface area (Å²) in [5.74, 6) is 1.33. The molecule has 0 heterocycles. The van der Waals surface area contributed by atoms with Crippen molar-refractivity contribution >= 4 is 15.6 Å². The van der Waals surface area contributed by atoms with Gasteiger partial charge in [0.2, 0.25) is 0 Å². The summed E-state index contributed by atoms with van der Waals surface area (Å²) in [6.07, 6.45) is 7.75. The van der Waals surface area contributed by atoms with E-state index in [4.69, 9.17) is 0 Å². The van der Waals surface area contributed by atoms with Crippen molar-refractivity contribution in [2.24, 2.45) is 11.8 Å². The van der Waals surface area contributed by atoms with E-state index in [0.29, 0.717) is 18.8 Å². The van der Waals surface area contributed by atoms with Crippen LogP contribution >= 0.6 is 0 Å². The van der Waals surface area contributed by atoms with Crippen LogP contribution in [0.15, 0.2) is 0 Å². The fourth-order valence-corrected chi connectivity index (χ4v) is 3.34. The molecule has 1 aliphatic rings. The van der Waals surface area contributed by atoms with Crippen molar-refractivity contribution < 1.29 is 13.2 Å². The number of Topliss-reactive ketones (excluding diaryl/α,β-unsaturated/α-hetero) is 1. The van der Waals surface area contributed by atoms with Gasteiger partial charge in [-0.3, -0.25) is 4.79 Å². The molecule has 1 saturated carbocycles. The normalized spacial score (nSPS) is 25.8. The minimum atomic E-state index is -2.92. The first-order chi connectivity index (χ1) is 7.92. The molecule has 0 radical (unpaired) electrons. The average molecular weight is 260 g/mol. The first kappa shape index (κ1) is 14.7. The van der Waals surface area contributed by atoms with E-state index >= 15 is 0 Å². The molecular formula is C13H24O3S. The Morgan fingerprint density at radius 2 is 2.00 bits per heavy atom. The van der Waals surface area contributed by atoms with Crippen LogP contribution in [0.5, 0.6) is 0 Å². The van der Waals surface area contributed by atoms with Crippen LogP contribution in [0.3, 0.4) is 0 Å². The van der Waals surface area contributed by atoms with Gasteiger partial charge >= 0.3 is 0 Å². The van der Waals surface area contributed by atoms with Crippen molar-refractivity contribution in [3.05, 3.63) is 0 Å². The van der Waals surface area contributed by atoms with Gasteiger partial charge in [-0.2, -0.15) is 0 Å². The first-order valence-corrected chi connectivity index (χ1v) is 8.69. The fraction of sp³-hybridized carbons (Fsp3) is 0.923. The molecule has 2 unspecified atom stereocenters. The Balaban J connectivity index is 2.32. The summed E-state index contributed by atoms with van der Waals surface area (Å²) in [6.45, 7) is 2.18. The van der Waals surface area contributed by atoms with Crippen LogP contribution in [0.1, 0.15) is 51.9 Å². The minimum Gasteiger partial charge on any atom is -0.299 e. The van der Waals surface area contributed by atoms with E-state index in [2.05, 4.69) is 6.92 Å². The van der Waals surface area contributed by atoms with Gasteiger partial charge in [0.15, 0.2) is 0 Å². The van der Waals surface area contributed by atoms with Gasteiger partial charge in [-0.05, 0) is 25.2 Å². The Morgan fingerprint density at radius 3 is 2.59 bits per heavy atom. The third kappa shape index (κ3) is 5.66. The summed E-state index contributed by atoms with van der Waals surface area (Å²) in [6, 6.07) is 0. The molecule has 0 amide bonds. The van der Waals surface area contributed by atoms with Crippen molar-refractivity contribution in [2.45, 2.75) is 51.9 Å². The molecule has 0 bridgehead atoms. The number of rotatable bonds is 6. The molecule has 0 saturated heterocycles. The Kier molecular flexibility index (Phi) is 5.63. The smallest absolute Gasteiger partial charge is 0.147 e. The van der Waals surface area contributed by atoms with E-state index in [-0.39, 0.29) is 17.5 Å². The van der Waals surface area contributed by atoms with Gasteiger partial charge in [0, 0.05) is 18.6 Å². The number of carbonyl (C=O) groups is 1. The van der Waals surface area contributed by atoms with Crippen LogP contribution in [0.2, 0.25) is 0 Å². The number of ketones is 1. The van der Waals surface area contributed by atoms with E-state index in [1.165, 1.54) is 12.7 Å². The molecule has 1 rings (SSSR count). The Morgan fingerprint density at radius 1 is 1.29 bits per heavy atom. The maximum absolute atomic E-state index is 12.0. The van der Waals surface area contributed by atoms with Crippen LogP contribution in [0.25, 0.3) is 0 Å². The SMILES string of the molecule is CCC1CCCC(C(=O)CCCS(C)(=O)=O)C1. The van der Waals surface area contributed by atoms with Gasteiger partial charge in [0.25, 0.3) is 0 Å². The van der Waals surface area contributed by atoms with Crippen LogP contribution in [0, 0.1) is 11.8 Å². The third-order valence-corrected chi connectivity index (χ3v) is 4.78. The standard InChI is InChI=1S/C13H24O3S/c1-3-11-6-4-7-12(10-11)13(14)8-5-9-17(2,15)16/h11-12H,3-10H2,1-2H3. The van der Waals surface area contributed by atoms with Crippen LogP contribution in [0.4, 0.5) is 0 Å². The largest absolute Gasteiger partial charge is 0.299 e. The lowest BCUT2D eigenvalue weighted by Gasteiger charge is -2.27. The maximum Gasteiger partial charge on any atom is 0.147 e. The lowest BCUT2D eigenvalue weighted by atomic mass is 9.77. The Bertz CT molecular complexity index is 346. The minimum absolute atomic E-state index is 0.142. The molecule has 0 aromatic heterocycles. The summed E-state index contributed by atoms with van der Waals surface area (Å²) in [5, 5.41) is 0. The maximum atomic E-state index is 12.0.